The summed E-state index contributed by atoms with van der Waals surface area (Å²) in [5, 5.41) is 6.28. The number of hydrogen-bond donors (Lipinski definition) is 2. The van der Waals surface area contributed by atoms with E-state index in [1.807, 2.05) is 12.1 Å². The van der Waals surface area contributed by atoms with Crippen LogP contribution in [-0.2, 0) is 0 Å². The molecule has 3 rings (SSSR count). The van der Waals surface area contributed by atoms with Gasteiger partial charge in [0.25, 0.3) is 0 Å². The number of para-hydroxylation sites is 1. The highest BCUT2D eigenvalue weighted by Crippen LogP contribution is 2.23. The summed E-state index contributed by atoms with van der Waals surface area (Å²) in [6, 6.07) is 9.22. The van der Waals surface area contributed by atoms with Crippen LogP contribution >= 0.6 is 11.6 Å². The van der Waals surface area contributed by atoms with Crippen LogP contribution in [0.5, 0.6) is 6.01 Å². The Morgan fingerprint density at radius 3 is 2.50 bits per heavy atom. The summed E-state index contributed by atoms with van der Waals surface area (Å²) in [7, 11) is 0. The molecule has 1 aliphatic rings. The Labute approximate surface area is 145 Å². The third kappa shape index (κ3) is 4.58. The van der Waals surface area contributed by atoms with Crippen LogP contribution in [0.25, 0.3) is 0 Å². The van der Waals surface area contributed by atoms with E-state index in [0.717, 1.165) is 25.7 Å². The van der Waals surface area contributed by atoms with Crippen molar-refractivity contribution in [3.8, 4) is 6.01 Å². The first-order valence-electron chi connectivity index (χ1n) is 7.96. The lowest BCUT2D eigenvalue weighted by molar-refractivity contribution is 0.129. The highest BCUT2D eigenvalue weighted by Gasteiger charge is 2.24. The summed E-state index contributed by atoms with van der Waals surface area (Å²) >= 11 is 6.04. The molecule has 0 spiro atoms. The molecule has 7 heteroatoms. The summed E-state index contributed by atoms with van der Waals surface area (Å²) in [5.74, 6) is 0. The molecule has 126 valence electrons. The molecule has 1 fully saturated rings. The Morgan fingerprint density at radius 1 is 1.08 bits per heavy atom. The van der Waals surface area contributed by atoms with Crippen molar-refractivity contribution in [1.29, 1.82) is 0 Å². The van der Waals surface area contributed by atoms with E-state index < -0.39 is 0 Å². The molecular formula is C17H19ClN4O2. The fourth-order valence-electron chi connectivity index (χ4n) is 2.73. The number of urea groups is 1. The van der Waals surface area contributed by atoms with Gasteiger partial charge >= 0.3 is 12.0 Å². The zero-order valence-electron chi connectivity index (χ0n) is 13.1. The lowest BCUT2D eigenvalue weighted by Gasteiger charge is -2.28. The van der Waals surface area contributed by atoms with E-state index in [4.69, 9.17) is 16.3 Å². The van der Waals surface area contributed by atoms with E-state index in [9.17, 15) is 4.79 Å². The number of ether oxygens (including phenoxy) is 1. The average molecular weight is 347 g/mol. The van der Waals surface area contributed by atoms with Gasteiger partial charge in [-0.3, -0.25) is 0 Å². The molecular weight excluding hydrogens is 328 g/mol. The second kappa shape index (κ2) is 7.97. The largest absolute Gasteiger partial charge is 0.460 e. The quantitative estimate of drug-likeness (QED) is 0.886. The van der Waals surface area contributed by atoms with E-state index in [0.29, 0.717) is 16.7 Å². The average Bonchev–Trinajstić information content (AvgIpc) is 2.60. The minimum atomic E-state index is -0.237. The Bertz CT molecular complexity index is 675. The van der Waals surface area contributed by atoms with E-state index in [1.165, 1.54) is 0 Å². The molecule has 1 aromatic carbocycles. The maximum Gasteiger partial charge on any atom is 0.319 e. The fraction of sp³-hybridized carbons (Fsp3) is 0.353. The number of nitrogens with one attached hydrogen (secondary N) is 2. The van der Waals surface area contributed by atoms with Crippen LogP contribution in [0.2, 0.25) is 5.02 Å². The Balaban J connectivity index is 1.43. The van der Waals surface area contributed by atoms with Gasteiger partial charge in [0.2, 0.25) is 0 Å². The smallest absolute Gasteiger partial charge is 0.319 e. The molecule has 6 nitrogen and oxygen atoms in total. The molecule has 0 saturated heterocycles. The van der Waals surface area contributed by atoms with Crippen molar-refractivity contribution in [3.05, 3.63) is 47.7 Å². The minimum absolute atomic E-state index is 0.0945. The van der Waals surface area contributed by atoms with Crippen molar-refractivity contribution in [2.75, 3.05) is 5.32 Å². The van der Waals surface area contributed by atoms with Crippen LogP contribution < -0.4 is 15.4 Å². The third-order valence-corrected chi connectivity index (χ3v) is 4.28. The molecule has 1 heterocycles. The van der Waals surface area contributed by atoms with Crippen molar-refractivity contribution < 1.29 is 9.53 Å². The molecule has 1 aromatic heterocycles. The number of halogens is 1. The van der Waals surface area contributed by atoms with Gasteiger partial charge in [-0.15, -0.1) is 0 Å². The van der Waals surface area contributed by atoms with E-state index in [1.54, 1.807) is 30.6 Å². The first-order valence-corrected chi connectivity index (χ1v) is 8.34. The number of benzene rings is 1. The molecule has 1 aliphatic carbocycles. The number of rotatable bonds is 4. The maximum atomic E-state index is 12.1. The van der Waals surface area contributed by atoms with Crippen molar-refractivity contribution in [2.45, 2.75) is 37.8 Å². The van der Waals surface area contributed by atoms with E-state index >= 15 is 0 Å². The molecule has 0 aliphatic heterocycles. The normalized spacial score (nSPS) is 20.2. The summed E-state index contributed by atoms with van der Waals surface area (Å²) in [6.45, 7) is 0. The molecule has 2 amide bonds. The number of nitrogens with zero attached hydrogens (tertiary/aromatic N) is 2. The molecule has 1 saturated carbocycles. The summed E-state index contributed by atoms with van der Waals surface area (Å²) in [5.41, 5.74) is 0.606. The van der Waals surface area contributed by atoms with Gasteiger partial charge in [0.05, 0.1) is 10.7 Å². The first kappa shape index (κ1) is 16.5. The van der Waals surface area contributed by atoms with Gasteiger partial charge in [-0.25, -0.2) is 14.8 Å². The predicted octanol–water partition coefficient (Wildman–Crippen LogP) is 3.64. The van der Waals surface area contributed by atoms with Crippen LogP contribution in [0.4, 0.5) is 10.5 Å². The van der Waals surface area contributed by atoms with Crippen LogP contribution in [0.3, 0.4) is 0 Å². The molecule has 0 unspecified atom stereocenters. The lowest BCUT2D eigenvalue weighted by Crippen LogP contribution is -2.41. The van der Waals surface area contributed by atoms with Crippen LogP contribution in [0.1, 0.15) is 25.7 Å². The van der Waals surface area contributed by atoms with Gasteiger partial charge in [-0.05, 0) is 43.9 Å². The van der Waals surface area contributed by atoms with Crippen LogP contribution in [-0.4, -0.2) is 28.1 Å². The minimum Gasteiger partial charge on any atom is -0.460 e. The molecule has 0 atom stereocenters. The Morgan fingerprint density at radius 2 is 1.79 bits per heavy atom. The summed E-state index contributed by atoms with van der Waals surface area (Å²) < 4.78 is 5.75. The number of carbonyl (C=O) groups excluding carboxylic acids is 1. The lowest BCUT2D eigenvalue weighted by atomic mass is 9.93. The number of carbonyl (C=O) groups is 1. The molecule has 2 N–H and O–H groups in total. The van der Waals surface area contributed by atoms with Gasteiger partial charge < -0.3 is 15.4 Å². The molecule has 24 heavy (non-hydrogen) atoms. The summed E-state index contributed by atoms with van der Waals surface area (Å²) in [4.78, 5) is 20.2. The third-order valence-electron chi connectivity index (χ3n) is 3.95. The summed E-state index contributed by atoms with van der Waals surface area (Å²) in [6.07, 6.45) is 6.84. The second-order valence-electron chi connectivity index (χ2n) is 5.70. The predicted molar refractivity (Wildman–Crippen MR) is 92.3 cm³/mol. The first-order chi connectivity index (χ1) is 11.7. The molecule has 0 radical (unpaired) electrons. The van der Waals surface area contributed by atoms with Crippen LogP contribution in [0, 0.1) is 0 Å². The monoisotopic (exact) mass is 346 g/mol. The van der Waals surface area contributed by atoms with Gasteiger partial charge in [-0.2, -0.15) is 0 Å². The van der Waals surface area contributed by atoms with Gasteiger partial charge in [0.15, 0.2) is 0 Å². The maximum absolute atomic E-state index is 12.1. The zero-order chi connectivity index (χ0) is 16.8. The van der Waals surface area contributed by atoms with Gasteiger partial charge in [0.1, 0.15) is 6.10 Å². The topological polar surface area (TPSA) is 76.1 Å². The van der Waals surface area contributed by atoms with Crippen molar-refractivity contribution in [1.82, 2.24) is 15.3 Å². The second-order valence-corrected chi connectivity index (χ2v) is 6.11. The highest BCUT2D eigenvalue weighted by molar-refractivity contribution is 6.33. The van der Waals surface area contributed by atoms with E-state index in [-0.39, 0.29) is 18.2 Å². The fourth-order valence-corrected chi connectivity index (χ4v) is 2.91. The number of anilines is 1. The SMILES string of the molecule is O=C(Nc1ccccc1Cl)NC1CCC(Oc2ncccn2)CC1. The van der Waals surface area contributed by atoms with Crippen molar-refractivity contribution in [2.24, 2.45) is 0 Å². The molecule has 2 aromatic rings. The van der Waals surface area contributed by atoms with Gasteiger partial charge in [0, 0.05) is 18.4 Å². The van der Waals surface area contributed by atoms with E-state index in [2.05, 4.69) is 20.6 Å². The standard InChI is InChI=1S/C17H19ClN4O2/c18-14-4-1-2-5-15(14)22-16(23)21-12-6-8-13(9-7-12)24-17-19-10-3-11-20-17/h1-5,10-13H,6-9H2,(H2,21,22,23). The van der Waals surface area contributed by atoms with Crippen molar-refractivity contribution in [3.63, 3.8) is 0 Å². The number of hydrogen-bond acceptors (Lipinski definition) is 4. The Kier molecular flexibility index (Phi) is 5.48. The van der Waals surface area contributed by atoms with Crippen LogP contribution in [0.15, 0.2) is 42.7 Å². The molecule has 0 bridgehead atoms. The van der Waals surface area contributed by atoms with Gasteiger partial charge in [-0.1, -0.05) is 23.7 Å². The number of amides is 2. The highest BCUT2D eigenvalue weighted by atomic mass is 35.5. The Hall–Kier alpha value is -2.34. The number of aromatic nitrogens is 2. The van der Waals surface area contributed by atoms with Crippen molar-refractivity contribution >= 4 is 23.3 Å². The zero-order valence-corrected chi connectivity index (χ0v) is 13.9.